The number of hydrogen-bond donors (Lipinski definition) is 1. The first-order valence-electron chi connectivity index (χ1n) is 5.28. The van der Waals surface area contributed by atoms with Crippen LogP contribution in [0.15, 0.2) is 23.1 Å². The highest BCUT2D eigenvalue weighted by Crippen LogP contribution is 2.21. The molecular weight excluding hydrogens is 243 g/mol. The number of ether oxygens (including phenoxy) is 1. The smallest absolute Gasteiger partial charge is 0.338 e. The Hall–Kier alpha value is -1.07. The van der Waals surface area contributed by atoms with Gasteiger partial charge < -0.3 is 9.84 Å². The van der Waals surface area contributed by atoms with Gasteiger partial charge in [-0.15, -0.1) is 11.8 Å². The van der Waals surface area contributed by atoms with E-state index in [1.807, 2.05) is 13.8 Å². The Bertz CT molecular complexity index is 393. The Kier molecular flexibility index (Phi) is 5.44. The van der Waals surface area contributed by atoms with Crippen LogP contribution in [-0.2, 0) is 4.74 Å². The van der Waals surface area contributed by atoms with Crippen molar-refractivity contribution < 1.29 is 19.0 Å². The van der Waals surface area contributed by atoms with Crippen LogP contribution in [0.4, 0.5) is 4.39 Å². The first kappa shape index (κ1) is 14.0. The molecule has 17 heavy (non-hydrogen) atoms. The van der Waals surface area contributed by atoms with Crippen LogP contribution >= 0.6 is 11.8 Å². The van der Waals surface area contributed by atoms with Crippen molar-refractivity contribution in [3.63, 3.8) is 0 Å². The highest BCUT2D eigenvalue weighted by atomic mass is 32.2. The van der Waals surface area contributed by atoms with E-state index in [1.165, 1.54) is 23.9 Å². The average molecular weight is 258 g/mol. The maximum absolute atomic E-state index is 13.1. The maximum atomic E-state index is 13.1. The van der Waals surface area contributed by atoms with Crippen LogP contribution in [0.5, 0.6) is 0 Å². The Balaban J connectivity index is 2.54. The number of aromatic carboxylic acids is 1. The molecule has 0 bridgehead atoms. The third-order valence-electron chi connectivity index (χ3n) is 1.97. The summed E-state index contributed by atoms with van der Waals surface area (Å²) in [5.74, 6) is -1.24. The molecule has 3 nitrogen and oxygen atoms in total. The summed E-state index contributed by atoms with van der Waals surface area (Å²) < 4.78 is 18.5. The van der Waals surface area contributed by atoms with E-state index < -0.39 is 11.8 Å². The largest absolute Gasteiger partial charge is 0.478 e. The van der Waals surface area contributed by atoms with Crippen molar-refractivity contribution in [1.82, 2.24) is 0 Å². The van der Waals surface area contributed by atoms with E-state index in [4.69, 9.17) is 9.84 Å². The monoisotopic (exact) mass is 258 g/mol. The van der Waals surface area contributed by atoms with E-state index in [0.29, 0.717) is 12.4 Å². The summed E-state index contributed by atoms with van der Waals surface area (Å²) in [6.07, 6.45) is 0.179. The summed E-state index contributed by atoms with van der Waals surface area (Å²) in [5, 5.41) is 8.76. The summed E-state index contributed by atoms with van der Waals surface area (Å²) in [5.41, 5.74) is -0.292. The fraction of sp³-hybridized carbons (Fsp3) is 0.417. The summed E-state index contributed by atoms with van der Waals surface area (Å²) in [4.78, 5) is 11.5. The molecule has 0 aliphatic rings. The molecule has 0 radical (unpaired) electrons. The molecule has 94 valence electrons. The molecule has 0 saturated carbocycles. The van der Waals surface area contributed by atoms with E-state index in [1.54, 1.807) is 6.07 Å². The van der Waals surface area contributed by atoms with Crippen molar-refractivity contribution in [2.24, 2.45) is 0 Å². The Morgan fingerprint density at radius 3 is 2.82 bits per heavy atom. The molecule has 0 aromatic heterocycles. The number of carboxylic acids is 1. The van der Waals surface area contributed by atoms with Gasteiger partial charge in [-0.05, 0) is 32.0 Å². The molecule has 0 heterocycles. The SMILES string of the molecule is CC(C)OCCSc1ccc(F)c(C(=O)O)c1. The van der Waals surface area contributed by atoms with Crippen LogP contribution in [0.2, 0.25) is 0 Å². The molecule has 1 aromatic carbocycles. The minimum atomic E-state index is -1.25. The molecule has 0 saturated heterocycles. The summed E-state index contributed by atoms with van der Waals surface area (Å²) in [6.45, 7) is 4.48. The van der Waals surface area contributed by atoms with E-state index in [9.17, 15) is 9.18 Å². The van der Waals surface area contributed by atoms with Crippen molar-refractivity contribution in [3.8, 4) is 0 Å². The number of thioether (sulfide) groups is 1. The van der Waals surface area contributed by atoms with Crippen molar-refractivity contribution in [1.29, 1.82) is 0 Å². The zero-order valence-corrected chi connectivity index (χ0v) is 10.6. The van der Waals surface area contributed by atoms with Crippen LogP contribution < -0.4 is 0 Å². The van der Waals surface area contributed by atoms with Crippen molar-refractivity contribution >= 4 is 17.7 Å². The average Bonchev–Trinajstić information content (AvgIpc) is 2.25. The van der Waals surface area contributed by atoms with Crippen molar-refractivity contribution in [3.05, 3.63) is 29.6 Å². The molecule has 0 aliphatic heterocycles. The van der Waals surface area contributed by atoms with Gasteiger partial charge in [0.2, 0.25) is 0 Å². The number of carbonyl (C=O) groups is 1. The molecule has 0 unspecified atom stereocenters. The van der Waals surface area contributed by atoms with Gasteiger partial charge in [0, 0.05) is 10.6 Å². The lowest BCUT2D eigenvalue weighted by atomic mass is 10.2. The first-order valence-corrected chi connectivity index (χ1v) is 6.26. The first-order chi connectivity index (χ1) is 8.00. The van der Waals surface area contributed by atoms with Gasteiger partial charge in [-0.2, -0.15) is 0 Å². The van der Waals surface area contributed by atoms with E-state index in [2.05, 4.69) is 0 Å². The highest BCUT2D eigenvalue weighted by Gasteiger charge is 2.10. The van der Waals surface area contributed by atoms with Crippen LogP contribution in [0, 0.1) is 5.82 Å². The summed E-state index contributed by atoms with van der Waals surface area (Å²) in [7, 11) is 0. The molecule has 0 fully saturated rings. The standard InChI is InChI=1S/C12H15FO3S/c1-8(2)16-5-6-17-9-3-4-11(13)10(7-9)12(14)15/h3-4,7-8H,5-6H2,1-2H3,(H,14,15). The van der Waals surface area contributed by atoms with E-state index in [0.717, 1.165) is 4.90 Å². The maximum Gasteiger partial charge on any atom is 0.338 e. The third-order valence-corrected chi connectivity index (χ3v) is 2.93. The lowest BCUT2D eigenvalue weighted by molar-refractivity contribution is 0.0691. The summed E-state index contributed by atoms with van der Waals surface area (Å²) >= 11 is 1.45. The number of rotatable bonds is 6. The van der Waals surface area contributed by atoms with Gasteiger partial charge in [-0.25, -0.2) is 9.18 Å². The second-order valence-electron chi connectivity index (χ2n) is 3.71. The van der Waals surface area contributed by atoms with Gasteiger partial charge in [0.25, 0.3) is 0 Å². The molecule has 1 N–H and O–H groups in total. The number of halogens is 1. The van der Waals surface area contributed by atoms with Gasteiger partial charge in [-0.1, -0.05) is 0 Å². The summed E-state index contributed by atoms with van der Waals surface area (Å²) in [6, 6.07) is 4.09. The predicted molar refractivity (Wildman–Crippen MR) is 65.2 cm³/mol. The van der Waals surface area contributed by atoms with Gasteiger partial charge >= 0.3 is 5.97 Å². The Morgan fingerprint density at radius 2 is 2.24 bits per heavy atom. The molecule has 1 aromatic rings. The second kappa shape index (κ2) is 6.61. The topological polar surface area (TPSA) is 46.5 Å². The van der Waals surface area contributed by atoms with Gasteiger partial charge in [0.15, 0.2) is 0 Å². The molecule has 1 rings (SSSR count). The van der Waals surface area contributed by atoms with Crippen LogP contribution in [0.3, 0.4) is 0 Å². The van der Waals surface area contributed by atoms with E-state index >= 15 is 0 Å². The normalized spacial score (nSPS) is 10.8. The molecular formula is C12H15FO3S. The number of hydrogen-bond acceptors (Lipinski definition) is 3. The zero-order valence-electron chi connectivity index (χ0n) is 9.77. The lowest BCUT2D eigenvalue weighted by Gasteiger charge is -2.07. The molecule has 0 atom stereocenters. The Labute approximate surface area is 104 Å². The predicted octanol–water partition coefficient (Wildman–Crippen LogP) is 3.04. The van der Waals surface area contributed by atoms with E-state index in [-0.39, 0.29) is 11.7 Å². The van der Waals surface area contributed by atoms with Gasteiger partial charge in [0.1, 0.15) is 5.82 Å². The molecule has 0 amide bonds. The Morgan fingerprint density at radius 1 is 1.53 bits per heavy atom. The second-order valence-corrected chi connectivity index (χ2v) is 4.88. The molecule has 0 aliphatic carbocycles. The lowest BCUT2D eigenvalue weighted by Crippen LogP contribution is -2.05. The fourth-order valence-corrected chi connectivity index (χ4v) is 1.98. The fourth-order valence-electron chi connectivity index (χ4n) is 1.20. The number of benzene rings is 1. The minimum absolute atomic E-state index is 0.179. The highest BCUT2D eigenvalue weighted by molar-refractivity contribution is 7.99. The third kappa shape index (κ3) is 4.75. The number of carboxylic acid groups (broad SMARTS) is 1. The van der Waals surface area contributed by atoms with Crippen molar-refractivity contribution in [2.75, 3.05) is 12.4 Å². The van der Waals surface area contributed by atoms with Crippen LogP contribution in [0.1, 0.15) is 24.2 Å². The molecule has 5 heteroatoms. The van der Waals surface area contributed by atoms with Crippen LogP contribution in [-0.4, -0.2) is 29.5 Å². The molecule has 0 spiro atoms. The quantitative estimate of drug-likeness (QED) is 0.629. The van der Waals surface area contributed by atoms with Gasteiger partial charge in [-0.3, -0.25) is 0 Å². The van der Waals surface area contributed by atoms with Gasteiger partial charge in [0.05, 0.1) is 18.3 Å². The minimum Gasteiger partial charge on any atom is -0.478 e. The van der Waals surface area contributed by atoms with Crippen molar-refractivity contribution in [2.45, 2.75) is 24.8 Å². The van der Waals surface area contributed by atoms with Crippen LogP contribution in [0.25, 0.3) is 0 Å². The zero-order chi connectivity index (χ0) is 12.8.